The maximum atomic E-state index is 12.3. The SMILES string of the molecule is CCc1ccc(C(=O)Nc2ccc([C@@H]3CNCCO3)cc2)cc1. The van der Waals surface area contributed by atoms with E-state index in [-0.39, 0.29) is 12.0 Å². The fraction of sp³-hybridized carbons (Fsp3) is 0.316. The minimum absolute atomic E-state index is 0.0870. The number of carbonyl (C=O) groups excluding carboxylic acids is 1. The topological polar surface area (TPSA) is 50.4 Å². The predicted octanol–water partition coefficient (Wildman–Crippen LogP) is 3.16. The van der Waals surface area contributed by atoms with Crippen LogP contribution in [0.15, 0.2) is 48.5 Å². The molecule has 1 saturated heterocycles. The summed E-state index contributed by atoms with van der Waals surface area (Å²) < 4.78 is 5.73. The van der Waals surface area contributed by atoms with Crippen molar-refractivity contribution in [3.05, 3.63) is 65.2 Å². The Labute approximate surface area is 136 Å². The van der Waals surface area contributed by atoms with Crippen LogP contribution in [0.5, 0.6) is 0 Å². The molecular weight excluding hydrogens is 288 g/mol. The zero-order valence-corrected chi connectivity index (χ0v) is 13.3. The van der Waals surface area contributed by atoms with Gasteiger partial charge in [0, 0.05) is 24.3 Å². The van der Waals surface area contributed by atoms with Crippen molar-refractivity contribution in [2.24, 2.45) is 0 Å². The largest absolute Gasteiger partial charge is 0.371 e. The van der Waals surface area contributed by atoms with Crippen molar-refractivity contribution in [1.29, 1.82) is 0 Å². The average Bonchev–Trinajstić information content (AvgIpc) is 2.63. The van der Waals surface area contributed by atoms with E-state index in [1.54, 1.807) is 0 Å². The highest BCUT2D eigenvalue weighted by Gasteiger charge is 2.15. The maximum absolute atomic E-state index is 12.3. The Balaban J connectivity index is 1.63. The molecule has 1 aliphatic heterocycles. The lowest BCUT2D eigenvalue weighted by Gasteiger charge is -2.24. The number of amides is 1. The molecule has 1 fully saturated rings. The predicted molar refractivity (Wildman–Crippen MR) is 91.8 cm³/mol. The van der Waals surface area contributed by atoms with Crippen molar-refractivity contribution in [3.63, 3.8) is 0 Å². The second-order valence-corrected chi connectivity index (χ2v) is 5.69. The summed E-state index contributed by atoms with van der Waals surface area (Å²) >= 11 is 0. The van der Waals surface area contributed by atoms with Gasteiger partial charge in [0.2, 0.25) is 0 Å². The number of morpholine rings is 1. The number of hydrogen-bond acceptors (Lipinski definition) is 3. The van der Waals surface area contributed by atoms with Crippen LogP contribution >= 0.6 is 0 Å². The van der Waals surface area contributed by atoms with E-state index in [4.69, 9.17) is 4.74 Å². The number of nitrogens with one attached hydrogen (secondary N) is 2. The van der Waals surface area contributed by atoms with Crippen LogP contribution in [0, 0.1) is 0 Å². The van der Waals surface area contributed by atoms with Gasteiger partial charge in [-0.25, -0.2) is 0 Å². The number of hydrogen-bond donors (Lipinski definition) is 2. The van der Waals surface area contributed by atoms with Crippen molar-refractivity contribution in [2.45, 2.75) is 19.4 Å². The normalized spacial score (nSPS) is 17.7. The monoisotopic (exact) mass is 310 g/mol. The Hall–Kier alpha value is -2.17. The van der Waals surface area contributed by atoms with Crippen LogP contribution in [0.2, 0.25) is 0 Å². The van der Waals surface area contributed by atoms with Crippen LogP contribution in [0.25, 0.3) is 0 Å². The van der Waals surface area contributed by atoms with E-state index in [1.807, 2.05) is 48.5 Å². The number of benzene rings is 2. The summed E-state index contributed by atoms with van der Waals surface area (Å²) in [6.07, 6.45) is 1.07. The van der Waals surface area contributed by atoms with Crippen molar-refractivity contribution >= 4 is 11.6 Å². The first-order valence-corrected chi connectivity index (χ1v) is 8.09. The number of anilines is 1. The molecule has 2 N–H and O–H groups in total. The molecular formula is C19H22N2O2. The summed E-state index contributed by atoms with van der Waals surface area (Å²) in [5, 5.41) is 6.25. The molecule has 0 aromatic heterocycles. The van der Waals surface area contributed by atoms with Crippen LogP contribution in [0.4, 0.5) is 5.69 Å². The molecule has 2 aromatic carbocycles. The van der Waals surface area contributed by atoms with Gasteiger partial charge in [0.25, 0.3) is 5.91 Å². The molecule has 0 spiro atoms. The Morgan fingerprint density at radius 2 is 1.91 bits per heavy atom. The molecule has 0 bridgehead atoms. The molecule has 0 saturated carbocycles. The zero-order chi connectivity index (χ0) is 16.1. The van der Waals surface area contributed by atoms with E-state index in [0.717, 1.165) is 37.4 Å². The second kappa shape index (κ2) is 7.40. The molecule has 0 unspecified atom stereocenters. The van der Waals surface area contributed by atoms with E-state index in [1.165, 1.54) is 5.56 Å². The van der Waals surface area contributed by atoms with Gasteiger partial charge in [0.05, 0.1) is 12.7 Å². The van der Waals surface area contributed by atoms with Gasteiger partial charge in [-0.1, -0.05) is 31.2 Å². The molecule has 1 aliphatic rings. The highest BCUT2D eigenvalue weighted by molar-refractivity contribution is 6.04. The van der Waals surface area contributed by atoms with E-state index >= 15 is 0 Å². The third-order valence-electron chi connectivity index (χ3n) is 4.09. The lowest BCUT2D eigenvalue weighted by molar-refractivity contribution is 0.0277. The van der Waals surface area contributed by atoms with E-state index in [0.29, 0.717) is 5.56 Å². The molecule has 0 radical (unpaired) electrons. The summed E-state index contributed by atoms with van der Waals surface area (Å²) in [5.41, 5.74) is 3.82. The van der Waals surface area contributed by atoms with Crippen molar-refractivity contribution in [3.8, 4) is 0 Å². The number of carbonyl (C=O) groups is 1. The summed E-state index contributed by atoms with van der Waals surface area (Å²) in [6, 6.07) is 15.6. The van der Waals surface area contributed by atoms with Gasteiger partial charge in [-0.15, -0.1) is 0 Å². The van der Waals surface area contributed by atoms with E-state index < -0.39 is 0 Å². The second-order valence-electron chi connectivity index (χ2n) is 5.69. The van der Waals surface area contributed by atoms with Crippen LogP contribution in [0.1, 0.15) is 34.5 Å². The smallest absolute Gasteiger partial charge is 0.255 e. The number of rotatable bonds is 4. The molecule has 4 heteroatoms. The first-order valence-electron chi connectivity index (χ1n) is 8.09. The fourth-order valence-electron chi connectivity index (χ4n) is 2.66. The first-order chi connectivity index (χ1) is 11.3. The van der Waals surface area contributed by atoms with Gasteiger partial charge in [-0.2, -0.15) is 0 Å². The molecule has 4 nitrogen and oxygen atoms in total. The Morgan fingerprint density at radius 3 is 2.52 bits per heavy atom. The van der Waals surface area contributed by atoms with Gasteiger partial charge in [-0.05, 0) is 41.8 Å². The number of ether oxygens (including phenoxy) is 1. The van der Waals surface area contributed by atoms with E-state index in [9.17, 15) is 4.79 Å². The molecule has 120 valence electrons. The van der Waals surface area contributed by atoms with Gasteiger partial charge < -0.3 is 15.4 Å². The molecule has 3 rings (SSSR count). The Bertz CT molecular complexity index is 644. The standard InChI is InChI=1S/C19H22N2O2/c1-2-14-3-5-16(6-4-14)19(22)21-17-9-7-15(8-10-17)18-13-20-11-12-23-18/h3-10,18,20H,2,11-13H2,1H3,(H,21,22)/t18-/m0/s1. The third kappa shape index (κ3) is 3.97. The van der Waals surface area contributed by atoms with Crippen LogP contribution < -0.4 is 10.6 Å². The van der Waals surface area contributed by atoms with Gasteiger partial charge in [0.15, 0.2) is 0 Å². The first kappa shape index (κ1) is 15.7. The highest BCUT2D eigenvalue weighted by Crippen LogP contribution is 2.21. The minimum atomic E-state index is -0.0870. The lowest BCUT2D eigenvalue weighted by atomic mass is 10.1. The van der Waals surface area contributed by atoms with Gasteiger partial charge >= 0.3 is 0 Å². The molecule has 1 amide bonds. The summed E-state index contributed by atoms with van der Waals surface area (Å²) in [7, 11) is 0. The highest BCUT2D eigenvalue weighted by atomic mass is 16.5. The molecule has 0 aliphatic carbocycles. The fourth-order valence-corrected chi connectivity index (χ4v) is 2.66. The Kier molecular flexibility index (Phi) is 5.05. The van der Waals surface area contributed by atoms with Gasteiger partial charge in [-0.3, -0.25) is 4.79 Å². The van der Waals surface area contributed by atoms with Gasteiger partial charge in [0.1, 0.15) is 0 Å². The summed E-state index contributed by atoms with van der Waals surface area (Å²) in [6.45, 7) is 4.57. The molecule has 2 aromatic rings. The molecule has 1 heterocycles. The summed E-state index contributed by atoms with van der Waals surface area (Å²) in [4.78, 5) is 12.3. The summed E-state index contributed by atoms with van der Waals surface area (Å²) in [5.74, 6) is -0.0870. The van der Waals surface area contributed by atoms with Crippen LogP contribution in [0.3, 0.4) is 0 Å². The van der Waals surface area contributed by atoms with E-state index in [2.05, 4.69) is 17.6 Å². The third-order valence-corrected chi connectivity index (χ3v) is 4.09. The zero-order valence-electron chi connectivity index (χ0n) is 13.3. The quantitative estimate of drug-likeness (QED) is 0.912. The van der Waals surface area contributed by atoms with Crippen molar-refractivity contribution in [1.82, 2.24) is 5.32 Å². The Morgan fingerprint density at radius 1 is 1.17 bits per heavy atom. The average molecular weight is 310 g/mol. The maximum Gasteiger partial charge on any atom is 0.255 e. The lowest BCUT2D eigenvalue weighted by Crippen LogP contribution is -2.33. The van der Waals surface area contributed by atoms with Crippen LogP contribution in [-0.4, -0.2) is 25.6 Å². The number of aryl methyl sites for hydroxylation is 1. The van der Waals surface area contributed by atoms with Crippen molar-refractivity contribution < 1.29 is 9.53 Å². The molecule has 23 heavy (non-hydrogen) atoms. The molecule has 1 atom stereocenters. The van der Waals surface area contributed by atoms with Crippen LogP contribution in [-0.2, 0) is 11.2 Å². The van der Waals surface area contributed by atoms with Crippen molar-refractivity contribution in [2.75, 3.05) is 25.0 Å². The minimum Gasteiger partial charge on any atom is -0.371 e.